The second-order valence-corrected chi connectivity index (χ2v) is 7.85. The zero-order valence-corrected chi connectivity index (χ0v) is 20.4. The highest BCUT2D eigenvalue weighted by atomic mass is 16.6. The predicted molar refractivity (Wildman–Crippen MR) is 130 cm³/mol. The summed E-state index contributed by atoms with van der Waals surface area (Å²) in [5.41, 5.74) is 1.62. The molecule has 0 bridgehead atoms. The summed E-state index contributed by atoms with van der Waals surface area (Å²) >= 11 is 0. The first kappa shape index (κ1) is 28.2. The van der Waals surface area contributed by atoms with Crippen LogP contribution in [0.5, 0.6) is 0 Å². The molecule has 0 fully saturated rings. The monoisotopic (exact) mass is 500 g/mol. The maximum atomic E-state index is 12.1. The molecular formula is C26H32N2O8. The van der Waals surface area contributed by atoms with E-state index in [4.69, 9.17) is 18.9 Å². The Labute approximate surface area is 210 Å². The van der Waals surface area contributed by atoms with Gasteiger partial charge in [0.15, 0.2) is 0 Å². The summed E-state index contributed by atoms with van der Waals surface area (Å²) in [7, 11) is 2.45. The lowest BCUT2D eigenvalue weighted by molar-refractivity contribution is -0.144. The molecule has 0 aliphatic carbocycles. The Hall–Kier alpha value is -4.08. The third-order valence-electron chi connectivity index (χ3n) is 5.22. The maximum absolute atomic E-state index is 12.1. The summed E-state index contributed by atoms with van der Waals surface area (Å²) in [5.74, 6) is -1.22. The van der Waals surface area contributed by atoms with E-state index in [0.717, 1.165) is 11.1 Å². The van der Waals surface area contributed by atoms with E-state index in [9.17, 15) is 19.2 Å². The number of methoxy groups -OCH3 is 2. The predicted octanol–water partition coefficient (Wildman–Crippen LogP) is 3.48. The molecule has 2 rings (SSSR count). The molecule has 0 radical (unpaired) electrons. The van der Waals surface area contributed by atoms with E-state index < -0.39 is 36.2 Å². The number of benzene rings is 2. The van der Waals surface area contributed by atoms with Gasteiger partial charge in [-0.1, -0.05) is 73.5 Å². The normalized spacial score (nSPS) is 11.9. The van der Waals surface area contributed by atoms with Crippen molar-refractivity contribution in [3.63, 3.8) is 0 Å². The van der Waals surface area contributed by atoms with E-state index in [1.54, 1.807) is 0 Å². The van der Waals surface area contributed by atoms with Gasteiger partial charge >= 0.3 is 24.1 Å². The van der Waals surface area contributed by atoms with Crippen molar-refractivity contribution in [1.29, 1.82) is 0 Å². The lowest BCUT2D eigenvalue weighted by Gasteiger charge is -2.18. The highest BCUT2D eigenvalue weighted by molar-refractivity contribution is 5.81. The van der Waals surface area contributed by atoms with Crippen LogP contribution in [0, 0.1) is 0 Å². The molecule has 0 aliphatic rings. The molecule has 36 heavy (non-hydrogen) atoms. The number of ether oxygens (including phenoxy) is 4. The SMILES string of the molecule is COC(=O)C(CCCCC(NC(=O)OCc1ccccc1)C(=O)OC)NC(=O)OCc1ccccc1. The van der Waals surface area contributed by atoms with Crippen molar-refractivity contribution in [2.45, 2.75) is 51.0 Å². The molecule has 0 heterocycles. The van der Waals surface area contributed by atoms with Gasteiger partial charge in [0, 0.05) is 0 Å². The third kappa shape index (κ3) is 10.5. The fraction of sp³-hybridized carbons (Fsp3) is 0.385. The van der Waals surface area contributed by atoms with Crippen LogP contribution in [0.1, 0.15) is 36.8 Å². The Morgan fingerprint density at radius 1 is 0.639 bits per heavy atom. The van der Waals surface area contributed by atoms with E-state index in [-0.39, 0.29) is 26.1 Å². The number of nitrogens with one attached hydrogen (secondary N) is 2. The molecule has 2 aromatic carbocycles. The molecule has 2 aromatic rings. The number of carbonyl (C=O) groups excluding carboxylic acids is 4. The van der Waals surface area contributed by atoms with E-state index in [2.05, 4.69) is 10.6 Å². The smallest absolute Gasteiger partial charge is 0.408 e. The molecule has 0 saturated heterocycles. The van der Waals surface area contributed by atoms with Crippen LogP contribution in [0.15, 0.2) is 60.7 Å². The number of rotatable bonds is 13. The average molecular weight is 501 g/mol. The molecule has 2 atom stereocenters. The topological polar surface area (TPSA) is 129 Å². The molecule has 2 amide bonds. The van der Waals surface area contributed by atoms with Crippen LogP contribution in [0.2, 0.25) is 0 Å². The lowest BCUT2D eigenvalue weighted by atomic mass is 10.0. The van der Waals surface area contributed by atoms with E-state index in [1.165, 1.54) is 14.2 Å². The zero-order valence-electron chi connectivity index (χ0n) is 20.4. The Morgan fingerprint density at radius 2 is 1.00 bits per heavy atom. The molecule has 0 spiro atoms. The number of alkyl carbamates (subject to hydrolysis) is 2. The summed E-state index contributed by atoms with van der Waals surface area (Å²) < 4.78 is 19.9. The van der Waals surface area contributed by atoms with Crippen LogP contribution in [0.3, 0.4) is 0 Å². The second-order valence-electron chi connectivity index (χ2n) is 7.85. The van der Waals surface area contributed by atoms with Crippen molar-refractivity contribution in [1.82, 2.24) is 10.6 Å². The van der Waals surface area contributed by atoms with Gasteiger partial charge in [-0.15, -0.1) is 0 Å². The Morgan fingerprint density at radius 3 is 1.33 bits per heavy atom. The van der Waals surface area contributed by atoms with Crippen LogP contribution in [-0.4, -0.2) is 50.4 Å². The van der Waals surface area contributed by atoms with Crippen molar-refractivity contribution in [2.75, 3.05) is 14.2 Å². The summed E-state index contributed by atoms with van der Waals surface area (Å²) in [5, 5.41) is 5.01. The lowest BCUT2D eigenvalue weighted by Crippen LogP contribution is -2.42. The fourth-order valence-corrected chi connectivity index (χ4v) is 3.29. The minimum atomic E-state index is -0.918. The highest BCUT2D eigenvalue weighted by Gasteiger charge is 2.24. The van der Waals surface area contributed by atoms with Gasteiger partial charge in [-0.2, -0.15) is 0 Å². The molecule has 10 heteroatoms. The van der Waals surface area contributed by atoms with Gasteiger partial charge in [0.1, 0.15) is 25.3 Å². The highest BCUT2D eigenvalue weighted by Crippen LogP contribution is 2.10. The first-order valence-corrected chi connectivity index (χ1v) is 11.5. The van der Waals surface area contributed by atoms with Crippen LogP contribution < -0.4 is 10.6 Å². The van der Waals surface area contributed by atoms with Crippen molar-refractivity contribution in [3.05, 3.63) is 71.8 Å². The Balaban J connectivity index is 1.78. The van der Waals surface area contributed by atoms with Crippen LogP contribution in [-0.2, 0) is 41.8 Å². The molecule has 2 unspecified atom stereocenters. The van der Waals surface area contributed by atoms with Crippen LogP contribution in [0.4, 0.5) is 9.59 Å². The summed E-state index contributed by atoms with van der Waals surface area (Å²) in [4.78, 5) is 48.5. The molecule has 194 valence electrons. The summed E-state index contributed by atoms with van der Waals surface area (Å²) in [6.45, 7) is 0.126. The minimum Gasteiger partial charge on any atom is -0.467 e. The zero-order chi connectivity index (χ0) is 26.2. The van der Waals surface area contributed by atoms with Gasteiger partial charge < -0.3 is 29.6 Å². The number of unbranched alkanes of at least 4 members (excludes halogenated alkanes) is 1. The molecule has 0 aromatic heterocycles. The van der Waals surface area contributed by atoms with Gasteiger partial charge in [0.25, 0.3) is 0 Å². The van der Waals surface area contributed by atoms with Crippen molar-refractivity contribution >= 4 is 24.1 Å². The number of carbonyl (C=O) groups is 4. The third-order valence-corrected chi connectivity index (χ3v) is 5.22. The molecule has 2 N–H and O–H groups in total. The molecular weight excluding hydrogens is 468 g/mol. The first-order chi connectivity index (χ1) is 17.4. The van der Waals surface area contributed by atoms with Crippen LogP contribution >= 0.6 is 0 Å². The minimum absolute atomic E-state index is 0.0629. The number of hydrogen-bond acceptors (Lipinski definition) is 8. The number of hydrogen-bond donors (Lipinski definition) is 2. The average Bonchev–Trinajstić information content (AvgIpc) is 2.91. The van der Waals surface area contributed by atoms with E-state index in [1.807, 2.05) is 60.7 Å². The largest absolute Gasteiger partial charge is 0.467 e. The molecule has 0 saturated carbocycles. The fourth-order valence-electron chi connectivity index (χ4n) is 3.29. The molecule has 0 aliphatic heterocycles. The number of amides is 2. The standard InChI is InChI=1S/C26H32N2O8/c1-33-23(29)21(27-25(31)35-17-19-11-5-3-6-12-19)15-9-10-16-22(24(30)34-2)28-26(32)36-18-20-13-7-4-8-14-20/h3-8,11-14,21-22H,9-10,15-18H2,1-2H3,(H,27,31)(H,28,32). The first-order valence-electron chi connectivity index (χ1n) is 11.5. The Bertz CT molecular complexity index is 889. The van der Waals surface area contributed by atoms with Crippen LogP contribution in [0.25, 0.3) is 0 Å². The van der Waals surface area contributed by atoms with E-state index >= 15 is 0 Å². The van der Waals surface area contributed by atoms with Gasteiger partial charge in [0.05, 0.1) is 14.2 Å². The van der Waals surface area contributed by atoms with Gasteiger partial charge in [0.2, 0.25) is 0 Å². The van der Waals surface area contributed by atoms with Gasteiger partial charge in [-0.3, -0.25) is 0 Å². The summed E-state index contributed by atoms with van der Waals surface area (Å²) in [6.07, 6.45) is -0.0900. The number of esters is 2. The van der Waals surface area contributed by atoms with Crippen molar-refractivity contribution < 1.29 is 38.1 Å². The molecule has 10 nitrogen and oxygen atoms in total. The van der Waals surface area contributed by atoms with Crippen molar-refractivity contribution in [2.24, 2.45) is 0 Å². The van der Waals surface area contributed by atoms with Gasteiger partial charge in [-0.05, 0) is 24.0 Å². The quantitative estimate of drug-likeness (QED) is 0.243. The Kier molecular flexibility index (Phi) is 12.3. The second kappa shape index (κ2) is 15.8. The maximum Gasteiger partial charge on any atom is 0.408 e. The van der Waals surface area contributed by atoms with Gasteiger partial charge in [-0.25, -0.2) is 19.2 Å². The van der Waals surface area contributed by atoms with E-state index in [0.29, 0.717) is 12.8 Å². The van der Waals surface area contributed by atoms with Crippen molar-refractivity contribution in [3.8, 4) is 0 Å². The summed E-state index contributed by atoms with van der Waals surface area (Å²) in [6, 6.07) is 16.4.